The Morgan fingerprint density at radius 3 is 2.77 bits per heavy atom. The minimum Gasteiger partial charge on any atom is -0.497 e. The van der Waals surface area contributed by atoms with E-state index in [1.165, 1.54) is 12.7 Å². The SMILES string of the molecule is CCC1CC2CC3(C(=O)OC)c4[nH]c5ccc(OC)cc5c4CCN(C2CC(C)=O)C13. The number of benzene rings is 1. The number of rotatable bonds is 5. The van der Waals surface area contributed by atoms with Gasteiger partial charge in [0.2, 0.25) is 0 Å². The van der Waals surface area contributed by atoms with Crippen LogP contribution in [0.5, 0.6) is 5.75 Å². The molecular formula is C25H32N2O4. The first-order chi connectivity index (χ1) is 14.9. The molecule has 6 atom stereocenters. The fourth-order valence-corrected chi connectivity index (χ4v) is 7.11. The molecule has 1 aromatic heterocycles. The van der Waals surface area contributed by atoms with Gasteiger partial charge < -0.3 is 14.5 Å². The lowest BCUT2D eigenvalue weighted by molar-refractivity contribution is -0.169. The van der Waals surface area contributed by atoms with Gasteiger partial charge in [0.1, 0.15) is 16.9 Å². The van der Waals surface area contributed by atoms with Crippen LogP contribution < -0.4 is 4.74 Å². The number of nitrogens with zero attached hydrogens (tertiary/aromatic N) is 1. The number of aromatic amines is 1. The second-order valence-electron chi connectivity index (χ2n) is 9.63. The van der Waals surface area contributed by atoms with Gasteiger partial charge >= 0.3 is 5.97 Å². The molecule has 4 bridgehead atoms. The molecule has 4 heterocycles. The number of hydrogen-bond donors (Lipinski definition) is 1. The van der Waals surface area contributed by atoms with Crippen molar-refractivity contribution in [1.29, 1.82) is 0 Å². The van der Waals surface area contributed by atoms with Gasteiger partial charge in [-0.3, -0.25) is 14.5 Å². The van der Waals surface area contributed by atoms with Crippen molar-refractivity contribution in [1.82, 2.24) is 9.88 Å². The Labute approximate surface area is 183 Å². The third kappa shape index (κ3) is 2.80. The lowest BCUT2D eigenvalue weighted by atomic mass is 9.54. The highest BCUT2D eigenvalue weighted by molar-refractivity contribution is 5.92. The molecule has 1 saturated carbocycles. The summed E-state index contributed by atoms with van der Waals surface area (Å²) in [6, 6.07) is 6.34. The molecule has 0 amide bonds. The van der Waals surface area contributed by atoms with Crippen molar-refractivity contribution in [3.05, 3.63) is 29.5 Å². The van der Waals surface area contributed by atoms with Crippen LogP contribution >= 0.6 is 0 Å². The molecule has 6 nitrogen and oxygen atoms in total. The number of ketones is 1. The third-order valence-electron chi connectivity index (χ3n) is 8.22. The van der Waals surface area contributed by atoms with E-state index in [1.54, 1.807) is 14.0 Å². The standard InChI is InChI=1S/C25H32N2O4/c1-5-15-11-16-13-25(24(29)31-4)22-18(19-12-17(30-3)6-7-20(19)26-22)8-9-27(23(15)25)21(16)10-14(2)28/h6-7,12,15-16,21,23,26H,5,8-11,13H2,1-4H3. The zero-order valence-electron chi connectivity index (χ0n) is 18.9. The van der Waals surface area contributed by atoms with Crippen molar-refractivity contribution >= 4 is 22.7 Å². The van der Waals surface area contributed by atoms with Crippen LogP contribution in [-0.2, 0) is 26.2 Å². The van der Waals surface area contributed by atoms with Gasteiger partial charge in [0, 0.05) is 41.6 Å². The van der Waals surface area contributed by atoms with E-state index < -0.39 is 5.41 Å². The second kappa shape index (κ2) is 7.37. The number of carbonyl (C=O) groups is 2. The van der Waals surface area contributed by atoms with Crippen LogP contribution in [0.3, 0.4) is 0 Å². The maximum absolute atomic E-state index is 13.6. The largest absolute Gasteiger partial charge is 0.497 e. The monoisotopic (exact) mass is 424 g/mol. The zero-order valence-corrected chi connectivity index (χ0v) is 18.9. The Hall–Kier alpha value is -2.34. The maximum Gasteiger partial charge on any atom is 0.319 e. The molecule has 2 aromatic rings. The number of H-pyrrole nitrogens is 1. The molecule has 6 heteroatoms. The number of fused-ring (bicyclic) bond motifs is 4. The van der Waals surface area contributed by atoms with Crippen LogP contribution in [0.25, 0.3) is 10.9 Å². The first-order valence-electron chi connectivity index (χ1n) is 11.5. The van der Waals surface area contributed by atoms with Crippen molar-refractivity contribution in [2.45, 2.75) is 63.5 Å². The first kappa shape index (κ1) is 20.6. The lowest BCUT2D eigenvalue weighted by Crippen LogP contribution is -2.70. The second-order valence-corrected chi connectivity index (χ2v) is 9.63. The molecule has 166 valence electrons. The van der Waals surface area contributed by atoms with Crippen LogP contribution in [-0.4, -0.2) is 54.5 Å². The minimum atomic E-state index is -0.719. The fourth-order valence-electron chi connectivity index (χ4n) is 7.11. The van der Waals surface area contributed by atoms with E-state index in [0.717, 1.165) is 54.6 Å². The van der Waals surface area contributed by atoms with E-state index in [4.69, 9.17) is 9.47 Å². The van der Waals surface area contributed by atoms with Crippen molar-refractivity contribution in [3.8, 4) is 5.75 Å². The Kier molecular flexibility index (Phi) is 4.88. The van der Waals surface area contributed by atoms with E-state index in [2.05, 4.69) is 22.9 Å². The summed E-state index contributed by atoms with van der Waals surface area (Å²) in [4.78, 5) is 31.9. The maximum atomic E-state index is 13.6. The summed E-state index contributed by atoms with van der Waals surface area (Å²) in [7, 11) is 3.19. The summed E-state index contributed by atoms with van der Waals surface area (Å²) in [5.41, 5.74) is 2.55. The van der Waals surface area contributed by atoms with E-state index >= 15 is 0 Å². The Morgan fingerprint density at radius 2 is 2.10 bits per heavy atom. The molecule has 1 aliphatic carbocycles. The van der Waals surface area contributed by atoms with E-state index in [0.29, 0.717) is 18.3 Å². The summed E-state index contributed by atoms with van der Waals surface area (Å²) < 4.78 is 11.0. The average Bonchev–Trinajstić information content (AvgIpc) is 3.09. The van der Waals surface area contributed by atoms with Crippen molar-refractivity contribution in [3.63, 3.8) is 0 Å². The van der Waals surface area contributed by atoms with Crippen LogP contribution in [0.4, 0.5) is 0 Å². The van der Waals surface area contributed by atoms with Crippen LogP contribution in [0.2, 0.25) is 0 Å². The van der Waals surface area contributed by atoms with Crippen LogP contribution in [0, 0.1) is 11.8 Å². The molecule has 4 aliphatic rings. The normalized spacial score (nSPS) is 33.6. The number of Topliss-reactive ketones (excluding diaryl/α,β-unsaturated/α-hetero) is 1. The number of piperidine rings is 2. The highest BCUT2D eigenvalue weighted by Crippen LogP contribution is 2.58. The summed E-state index contributed by atoms with van der Waals surface area (Å²) in [5, 5.41) is 1.12. The van der Waals surface area contributed by atoms with Gasteiger partial charge in [-0.25, -0.2) is 0 Å². The van der Waals surface area contributed by atoms with Gasteiger partial charge in [-0.15, -0.1) is 0 Å². The number of carbonyl (C=O) groups excluding carboxylic acids is 2. The summed E-state index contributed by atoms with van der Waals surface area (Å²) >= 11 is 0. The fraction of sp³-hybridized carbons (Fsp3) is 0.600. The average molecular weight is 425 g/mol. The summed E-state index contributed by atoms with van der Waals surface area (Å²) in [6.45, 7) is 4.76. The number of aromatic nitrogens is 1. The number of nitrogens with one attached hydrogen (secondary N) is 1. The third-order valence-corrected chi connectivity index (χ3v) is 8.22. The highest BCUT2D eigenvalue weighted by Gasteiger charge is 2.65. The quantitative estimate of drug-likeness (QED) is 0.743. The van der Waals surface area contributed by atoms with Gasteiger partial charge in [0.05, 0.1) is 14.2 Å². The molecule has 2 saturated heterocycles. The Balaban J connectivity index is 1.75. The Morgan fingerprint density at radius 1 is 1.29 bits per heavy atom. The zero-order chi connectivity index (χ0) is 21.9. The smallest absolute Gasteiger partial charge is 0.319 e. The number of methoxy groups -OCH3 is 2. The van der Waals surface area contributed by atoms with Crippen LogP contribution in [0.15, 0.2) is 18.2 Å². The van der Waals surface area contributed by atoms with Crippen molar-refractivity contribution in [2.75, 3.05) is 20.8 Å². The molecule has 6 rings (SSSR count). The number of esters is 1. The van der Waals surface area contributed by atoms with Crippen molar-refractivity contribution < 1.29 is 19.1 Å². The molecule has 3 aliphatic heterocycles. The predicted octanol–water partition coefficient (Wildman–Crippen LogP) is 3.61. The number of ether oxygens (including phenoxy) is 2. The first-order valence-corrected chi connectivity index (χ1v) is 11.5. The molecule has 6 unspecified atom stereocenters. The summed E-state index contributed by atoms with van der Waals surface area (Å²) in [6.07, 6.45) is 4.25. The summed E-state index contributed by atoms with van der Waals surface area (Å²) in [5.74, 6) is 1.62. The highest BCUT2D eigenvalue weighted by atomic mass is 16.5. The van der Waals surface area contributed by atoms with E-state index in [-0.39, 0.29) is 23.8 Å². The van der Waals surface area contributed by atoms with Crippen molar-refractivity contribution in [2.24, 2.45) is 11.8 Å². The van der Waals surface area contributed by atoms with Gasteiger partial charge in [-0.1, -0.05) is 13.3 Å². The predicted molar refractivity (Wildman–Crippen MR) is 118 cm³/mol. The Bertz CT molecular complexity index is 1040. The van der Waals surface area contributed by atoms with Gasteiger partial charge in [0.25, 0.3) is 0 Å². The molecular weight excluding hydrogens is 392 g/mol. The van der Waals surface area contributed by atoms with E-state index in [1.807, 2.05) is 12.1 Å². The number of hydrogen-bond acceptors (Lipinski definition) is 5. The van der Waals surface area contributed by atoms with Gasteiger partial charge in [0.15, 0.2) is 0 Å². The lowest BCUT2D eigenvalue weighted by Gasteiger charge is -2.61. The molecule has 1 aromatic carbocycles. The topological polar surface area (TPSA) is 71.6 Å². The minimum absolute atomic E-state index is 0.0514. The van der Waals surface area contributed by atoms with Gasteiger partial charge in [-0.2, -0.15) is 0 Å². The molecule has 1 N–H and O–H groups in total. The molecule has 31 heavy (non-hydrogen) atoms. The van der Waals surface area contributed by atoms with Crippen LogP contribution in [0.1, 0.15) is 50.8 Å². The molecule has 3 fully saturated rings. The van der Waals surface area contributed by atoms with E-state index in [9.17, 15) is 9.59 Å². The molecule has 0 spiro atoms. The molecule has 0 radical (unpaired) electrons. The van der Waals surface area contributed by atoms with Gasteiger partial charge in [-0.05, 0) is 61.8 Å².